The molecule has 1 heterocycles. The quantitative estimate of drug-likeness (QED) is 0.291. The summed E-state index contributed by atoms with van der Waals surface area (Å²) in [6.07, 6.45) is 5.47. The predicted molar refractivity (Wildman–Crippen MR) is 145 cm³/mol. The monoisotopic (exact) mass is 582 g/mol. The van der Waals surface area contributed by atoms with Crippen molar-refractivity contribution in [2.45, 2.75) is 78.5 Å². The third kappa shape index (κ3) is 9.16. The van der Waals surface area contributed by atoms with Gasteiger partial charge in [0.1, 0.15) is 35.9 Å². The molecule has 0 unspecified atom stereocenters. The number of halogens is 1. The van der Waals surface area contributed by atoms with Crippen LogP contribution in [0.3, 0.4) is 0 Å². The van der Waals surface area contributed by atoms with E-state index in [1.54, 1.807) is 51.1 Å². The molecule has 0 aliphatic carbocycles. The van der Waals surface area contributed by atoms with Gasteiger partial charge in [-0.3, -0.25) is 4.79 Å². The maximum atomic E-state index is 13.1. The second kappa shape index (κ2) is 13.4. The van der Waals surface area contributed by atoms with Crippen LogP contribution < -0.4 is 9.47 Å². The minimum Gasteiger partial charge on any atom is -0.497 e. The lowest BCUT2D eigenvalue weighted by Gasteiger charge is -2.20. The second-order valence-corrected chi connectivity index (χ2v) is 10.8. The molecular weight excluding hydrogens is 544 g/mol. The summed E-state index contributed by atoms with van der Waals surface area (Å²) in [5, 5.41) is 0. The third-order valence-electron chi connectivity index (χ3n) is 5.57. The van der Waals surface area contributed by atoms with Crippen molar-refractivity contribution in [3.8, 4) is 11.5 Å². The van der Waals surface area contributed by atoms with E-state index in [0.717, 1.165) is 0 Å². The summed E-state index contributed by atoms with van der Waals surface area (Å²) in [5.74, 6) is -0.728. The van der Waals surface area contributed by atoms with E-state index in [1.165, 1.54) is 7.11 Å². The highest BCUT2D eigenvalue weighted by Crippen LogP contribution is 2.33. The smallest absolute Gasteiger partial charge is 0.342 e. The molecule has 1 saturated heterocycles. The number of carbonyl (C=O) groups is 2. The van der Waals surface area contributed by atoms with Gasteiger partial charge in [0, 0.05) is 12.5 Å². The van der Waals surface area contributed by atoms with Gasteiger partial charge < -0.3 is 28.4 Å². The summed E-state index contributed by atoms with van der Waals surface area (Å²) in [7, 11) is 3.04. The lowest BCUT2D eigenvalue weighted by Crippen LogP contribution is -2.32. The Labute approximate surface area is 228 Å². The van der Waals surface area contributed by atoms with Gasteiger partial charge in [-0.05, 0) is 64.6 Å². The first kappa shape index (κ1) is 30.9. The number of rotatable bonds is 11. The molecule has 1 aliphatic rings. The van der Waals surface area contributed by atoms with Crippen molar-refractivity contribution in [1.29, 1.82) is 0 Å². The summed E-state index contributed by atoms with van der Waals surface area (Å²) in [6.45, 7) is 11.0. The molecular formula is C28H39BrO8. The first-order valence-electron chi connectivity index (χ1n) is 12.2. The molecule has 3 atom stereocenters. The molecule has 0 bridgehead atoms. The number of benzene rings is 1. The van der Waals surface area contributed by atoms with Crippen LogP contribution in [0.5, 0.6) is 11.5 Å². The zero-order valence-corrected chi connectivity index (χ0v) is 24.5. The van der Waals surface area contributed by atoms with E-state index < -0.39 is 23.3 Å². The summed E-state index contributed by atoms with van der Waals surface area (Å²) < 4.78 is 34.1. The van der Waals surface area contributed by atoms with E-state index in [4.69, 9.17) is 28.4 Å². The molecule has 0 saturated carbocycles. The predicted octanol–water partition coefficient (Wildman–Crippen LogP) is 6.06. The largest absolute Gasteiger partial charge is 0.497 e. The molecule has 206 valence electrons. The first-order valence-corrected chi connectivity index (χ1v) is 13.1. The molecule has 1 aromatic carbocycles. The van der Waals surface area contributed by atoms with Gasteiger partial charge in [0.15, 0.2) is 5.79 Å². The van der Waals surface area contributed by atoms with E-state index in [9.17, 15) is 9.59 Å². The molecule has 8 nitrogen and oxygen atoms in total. The maximum absolute atomic E-state index is 13.1. The number of esters is 2. The minimum atomic E-state index is -0.814. The Bertz CT molecular complexity index is 993. The van der Waals surface area contributed by atoms with E-state index in [1.807, 2.05) is 32.9 Å². The van der Waals surface area contributed by atoms with Gasteiger partial charge in [0.25, 0.3) is 0 Å². The van der Waals surface area contributed by atoms with Gasteiger partial charge in [-0.25, -0.2) is 4.79 Å². The lowest BCUT2D eigenvalue weighted by atomic mass is 9.97. The molecule has 2 rings (SSSR count). The zero-order chi connectivity index (χ0) is 27.8. The fourth-order valence-corrected chi connectivity index (χ4v) is 3.94. The van der Waals surface area contributed by atoms with Crippen LogP contribution in [0.1, 0.15) is 70.3 Å². The molecule has 0 amide bonds. The average molecular weight is 584 g/mol. The second-order valence-electron chi connectivity index (χ2n) is 10.3. The van der Waals surface area contributed by atoms with E-state index in [0.29, 0.717) is 35.5 Å². The van der Waals surface area contributed by atoms with Gasteiger partial charge in [-0.15, -0.1) is 0 Å². The van der Waals surface area contributed by atoms with E-state index in [2.05, 4.69) is 15.9 Å². The van der Waals surface area contributed by atoms with Crippen molar-refractivity contribution in [2.75, 3.05) is 20.8 Å². The molecule has 0 N–H and O–H groups in total. The molecule has 0 radical (unpaired) electrons. The highest BCUT2D eigenvalue weighted by Gasteiger charge is 2.41. The van der Waals surface area contributed by atoms with Crippen molar-refractivity contribution in [1.82, 2.24) is 0 Å². The SMILES string of the molecule is COc1cc(/C=C/C[C@@H]2OC(C)(C)O[C@@H]2COC(=O)C(C)(C)C)c(C(=O)O[C@@H](C)C/C=C\Br)c(OC)c1. The molecule has 1 aliphatic heterocycles. The van der Waals surface area contributed by atoms with Gasteiger partial charge in [-0.2, -0.15) is 0 Å². The van der Waals surface area contributed by atoms with Crippen molar-refractivity contribution in [3.05, 3.63) is 40.4 Å². The van der Waals surface area contributed by atoms with Crippen molar-refractivity contribution in [3.63, 3.8) is 0 Å². The fourth-order valence-electron chi connectivity index (χ4n) is 3.73. The van der Waals surface area contributed by atoms with Gasteiger partial charge in [-0.1, -0.05) is 34.2 Å². The highest BCUT2D eigenvalue weighted by molar-refractivity contribution is 9.11. The number of carbonyl (C=O) groups excluding carboxylic acids is 2. The Kier molecular flexibility index (Phi) is 11.2. The summed E-state index contributed by atoms with van der Waals surface area (Å²) in [6, 6.07) is 3.39. The number of ether oxygens (including phenoxy) is 6. The van der Waals surface area contributed by atoms with Crippen molar-refractivity contribution >= 4 is 33.9 Å². The van der Waals surface area contributed by atoms with Crippen molar-refractivity contribution < 1.29 is 38.0 Å². The number of methoxy groups -OCH3 is 2. The van der Waals surface area contributed by atoms with Crippen molar-refractivity contribution in [2.24, 2.45) is 5.41 Å². The van der Waals surface area contributed by atoms with Crippen LogP contribution in [0.15, 0.2) is 29.3 Å². The van der Waals surface area contributed by atoms with Gasteiger partial charge in [0.2, 0.25) is 0 Å². The number of hydrogen-bond donors (Lipinski definition) is 0. The Morgan fingerprint density at radius 2 is 1.78 bits per heavy atom. The van der Waals surface area contributed by atoms with E-state index >= 15 is 0 Å². The third-order valence-corrected chi connectivity index (χ3v) is 5.95. The summed E-state index contributed by atoms with van der Waals surface area (Å²) >= 11 is 3.22. The molecule has 0 aromatic heterocycles. The summed E-state index contributed by atoms with van der Waals surface area (Å²) in [4.78, 5) is 27.1. The number of hydrogen-bond acceptors (Lipinski definition) is 8. The normalized spacial score (nSPS) is 20.2. The van der Waals surface area contributed by atoms with Crippen LogP contribution in [0, 0.1) is 5.41 Å². The van der Waals surface area contributed by atoms with Crippen LogP contribution >= 0.6 is 15.9 Å². The van der Waals surface area contributed by atoms with Crippen LogP contribution in [-0.4, -0.2) is 56.9 Å². The highest BCUT2D eigenvalue weighted by atomic mass is 79.9. The zero-order valence-electron chi connectivity index (χ0n) is 23.0. The van der Waals surface area contributed by atoms with Crippen LogP contribution in [-0.2, 0) is 23.7 Å². The topological polar surface area (TPSA) is 89.5 Å². The van der Waals surface area contributed by atoms with Gasteiger partial charge in [0.05, 0.1) is 25.7 Å². The standard InChI is InChI=1S/C28H39BrO8/c1-18(11-10-14-29)35-25(30)24-19(15-20(32-7)16-22(24)33-8)12-9-13-21-23(37-28(5,6)36-21)17-34-26(31)27(2,3)4/h9-10,12,14-16,18,21,23H,11,13,17H2,1-8H3/b12-9+,14-10-/t18-,21-,23+/m0/s1. The summed E-state index contributed by atoms with van der Waals surface area (Å²) in [5.41, 5.74) is 0.273. The first-order chi connectivity index (χ1) is 17.3. The minimum absolute atomic E-state index is 0.0866. The van der Waals surface area contributed by atoms with Crippen LogP contribution in [0.2, 0.25) is 0 Å². The Balaban J connectivity index is 2.25. The average Bonchev–Trinajstić information content (AvgIpc) is 3.12. The molecule has 0 spiro atoms. The van der Waals surface area contributed by atoms with Crippen LogP contribution in [0.25, 0.3) is 6.08 Å². The van der Waals surface area contributed by atoms with Gasteiger partial charge >= 0.3 is 11.9 Å². The van der Waals surface area contributed by atoms with Crippen LogP contribution in [0.4, 0.5) is 0 Å². The molecule has 37 heavy (non-hydrogen) atoms. The fraction of sp³-hybridized carbons (Fsp3) is 0.571. The maximum Gasteiger partial charge on any atom is 0.342 e. The molecule has 9 heteroatoms. The Morgan fingerprint density at radius 1 is 1.11 bits per heavy atom. The molecule has 1 aromatic rings. The molecule has 1 fully saturated rings. The Morgan fingerprint density at radius 3 is 2.38 bits per heavy atom. The lowest BCUT2D eigenvalue weighted by molar-refractivity contribution is -0.165. The van der Waals surface area contributed by atoms with E-state index in [-0.39, 0.29) is 24.8 Å². The Hall–Kier alpha value is -2.36.